The Balaban J connectivity index is 1.67. The number of halogens is 4. The van der Waals surface area contributed by atoms with Gasteiger partial charge in [-0.25, -0.2) is 12.8 Å². The number of benzene rings is 1. The van der Waals surface area contributed by atoms with Gasteiger partial charge in [0.05, 0.1) is 16.5 Å². The predicted molar refractivity (Wildman–Crippen MR) is 98.5 cm³/mol. The van der Waals surface area contributed by atoms with Gasteiger partial charge in [-0.15, -0.1) is 0 Å². The van der Waals surface area contributed by atoms with Crippen LogP contribution in [0.3, 0.4) is 0 Å². The Morgan fingerprint density at radius 2 is 1.83 bits per heavy atom. The molecule has 2 aliphatic rings. The summed E-state index contributed by atoms with van der Waals surface area (Å²) >= 11 is 0. The Kier molecular flexibility index (Phi) is 6.24. The maximum Gasteiger partial charge on any atom is 0.416 e. The summed E-state index contributed by atoms with van der Waals surface area (Å²) in [6, 6.07) is 2.51. The lowest BCUT2D eigenvalue weighted by Crippen LogP contribution is -2.51. The molecule has 0 spiro atoms. The maximum atomic E-state index is 15.3. The fourth-order valence-electron chi connectivity index (χ4n) is 3.89. The topological polar surface area (TPSA) is 75.3 Å². The lowest BCUT2D eigenvalue weighted by atomic mass is 9.93. The molecule has 162 valence electrons. The van der Waals surface area contributed by atoms with Gasteiger partial charge in [0.2, 0.25) is 20.7 Å². The zero-order valence-corrected chi connectivity index (χ0v) is 16.6. The van der Waals surface area contributed by atoms with Crippen molar-refractivity contribution in [3.05, 3.63) is 29.8 Å². The molecule has 0 bridgehead atoms. The van der Waals surface area contributed by atoms with Crippen molar-refractivity contribution in [1.29, 1.82) is 0 Å². The summed E-state index contributed by atoms with van der Waals surface area (Å²) in [4.78, 5) is 11.6. The van der Waals surface area contributed by atoms with Crippen LogP contribution in [-0.2, 0) is 20.8 Å². The first-order chi connectivity index (χ1) is 13.5. The van der Waals surface area contributed by atoms with Crippen LogP contribution < -0.4 is 10.6 Å². The Morgan fingerprint density at radius 1 is 1.14 bits per heavy atom. The molecule has 1 aromatic rings. The SMILES string of the molecule is O=C(NC1CCC(F)(S(=O)(=O)c2cccc(C(F)(F)F)c2)CC1)[C@@H]1CCCCN1. The van der Waals surface area contributed by atoms with Gasteiger partial charge in [0.1, 0.15) is 0 Å². The van der Waals surface area contributed by atoms with E-state index in [1.165, 1.54) is 0 Å². The van der Waals surface area contributed by atoms with E-state index in [0.717, 1.165) is 44.0 Å². The molecule has 5 nitrogen and oxygen atoms in total. The van der Waals surface area contributed by atoms with Crippen LogP contribution >= 0.6 is 0 Å². The fraction of sp³-hybridized carbons (Fsp3) is 0.632. The third-order valence-electron chi connectivity index (χ3n) is 5.66. The number of amides is 1. The first-order valence-electron chi connectivity index (χ1n) is 9.67. The summed E-state index contributed by atoms with van der Waals surface area (Å²) in [6.07, 6.45) is -2.60. The van der Waals surface area contributed by atoms with Crippen LogP contribution in [0.4, 0.5) is 17.6 Å². The van der Waals surface area contributed by atoms with Gasteiger partial charge in [-0.3, -0.25) is 4.79 Å². The van der Waals surface area contributed by atoms with Crippen molar-refractivity contribution in [1.82, 2.24) is 10.6 Å². The molecule has 0 radical (unpaired) electrons. The number of hydrogen-bond acceptors (Lipinski definition) is 4. The van der Waals surface area contributed by atoms with E-state index in [1.54, 1.807) is 0 Å². The molecule has 1 heterocycles. The Hall–Kier alpha value is -1.68. The number of carbonyl (C=O) groups excluding carboxylic acids is 1. The Bertz CT molecular complexity index is 843. The average molecular weight is 436 g/mol. The van der Waals surface area contributed by atoms with E-state index in [9.17, 15) is 26.4 Å². The van der Waals surface area contributed by atoms with Crippen molar-refractivity contribution in [3.63, 3.8) is 0 Å². The van der Waals surface area contributed by atoms with E-state index < -0.39 is 31.5 Å². The summed E-state index contributed by atoms with van der Waals surface area (Å²) in [6.45, 7) is 0.756. The average Bonchev–Trinajstić information content (AvgIpc) is 2.70. The van der Waals surface area contributed by atoms with Gasteiger partial charge in [-0.1, -0.05) is 12.5 Å². The number of rotatable bonds is 4. The third kappa shape index (κ3) is 4.74. The van der Waals surface area contributed by atoms with E-state index >= 15 is 4.39 Å². The lowest BCUT2D eigenvalue weighted by Gasteiger charge is -2.34. The van der Waals surface area contributed by atoms with Gasteiger partial charge in [0.25, 0.3) is 0 Å². The highest BCUT2D eigenvalue weighted by atomic mass is 32.2. The minimum atomic E-state index is -4.72. The second-order valence-electron chi connectivity index (χ2n) is 7.70. The first kappa shape index (κ1) is 22.0. The van der Waals surface area contributed by atoms with Crippen molar-refractivity contribution in [2.45, 2.75) is 73.1 Å². The van der Waals surface area contributed by atoms with Crippen molar-refractivity contribution in [3.8, 4) is 0 Å². The van der Waals surface area contributed by atoms with Gasteiger partial charge in [-0.2, -0.15) is 13.2 Å². The standard InChI is InChI=1S/C19H24F4N2O3S/c20-18(29(27,28)15-5-3-4-13(12-15)19(21,22)23)9-7-14(8-10-18)25-17(26)16-6-1-2-11-24-16/h3-5,12,14,16,24H,1-2,6-11H2,(H,25,26)/t14?,16-,18?/m0/s1. The van der Waals surface area contributed by atoms with Crippen molar-refractivity contribution in [2.75, 3.05) is 6.54 Å². The summed E-state index contributed by atoms with van der Waals surface area (Å²) in [5, 5.41) is 3.30. The molecule has 0 unspecified atom stereocenters. The summed E-state index contributed by atoms with van der Waals surface area (Å²) in [5.74, 6) is -0.179. The summed E-state index contributed by atoms with van der Waals surface area (Å²) in [7, 11) is -4.61. The van der Waals surface area contributed by atoms with Crippen molar-refractivity contribution < 1.29 is 30.8 Å². The number of sulfone groups is 1. The van der Waals surface area contributed by atoms with Crippen LogP contribution in [0.25, 0.3) is 0 Å². The van der Waals surface area contributed by atoms with Crippen LogP contribution in [0.1, 0.15) is 50.5 Å². The fourth-order valence-corrected chi connectivity index (χ4v) is 5.63. The molecule has 1 amide bonds. The molecule has 1 saturated heterocycles. The summed E-state index contributed by atoms with van der Waals surface area (Å²) in [5.41, 5.74) is -1.14. The molecule has 10 heteroatoms. The molecule has 1 saturated carbocycles. The molecule has 2 fully saturated rings. The number of carbonyl (C=O) groups is 1. The van der Waals surface area contributed by atoms with E-state index in [0.29, 0.717) is 6.07 Å². The third-order valence-corrected chi connectivity index (χ3v) is 7.90. The largest absolute Gasteiger partial charge is 0.416 e. The van der Waals surface area contributed by atoms with Gasteiger partial charge >= 0.3 is 6.18 Å². The van der Waals surface area contributed by atoms with Gasteiger partial charge in [0.15, 0.2) is 0 Å². The molecule has 1 aliphatic carbocycles. The van der Waals surface area contributed by atoms with Gasteiger partial charge < -0.3 is 10.6 Å². The lowest BCUT2D eigenvalue weighted by molar-refractivity contribution is -0.137. The maximum absolute atomic E-state index is 15.3. The highest BCUT2D eigenvalue weighted by Gasteiger charge is 2.48. The molecule has 0 aromatic heterocycles. The van der Waals surface area contributed by atoms with Crippen LogP contribution in [-0.4, -0.2) is 38.0 Å². The number of nitrogens with one attached hydrogen (secondary N) is 2. The first-order valence-corrected chi connectivity index (χ1v) is 11.2. The van der Waals surface area contributed by atoms with Crippen LogP contribution in [0.2, 0.25) is 0 Å². The van der Waals surface area contributed by atoms with Crippen molar-refractivity contribution >= 4 is 15.7 Å². The Morgan fingerprint density at radius 3 is 2.41 bits per heavy atom. The quantitative estimate of drug-likeness (QED) is 0.710. The molecule has 1 aliphatic heterocycles. The zero-order chi connectivity index (χ0) is 21.3. The number of piperidine rings is 1. The second kappa shape index (κ2) is 8.22. The monoisotopic (exact) mass is 436 g/mol. The minimum Gasteiger partial charge on any atom is -0.352 e. The number of alkyl halides is 4. The molecule has 3 rings (SSSR count). The predicted octanol–water partition coefficient (Wildman–Crippen LogP) is 3.35. The van der Waals surface area contributed by atoms with E-state index in [-0.39, 0.29) is 43.7 Å². The number of hydrogen-bond donors (Lipinski definition) is 2. The molecule has 29 heavy (non-hydrogen) atoms. The van der Waals surface area contributed by atoms with E-state index in [2.05, 4.69) is 10.6 Å². The molecular formula is C19H24F4N2O3S. The molecular weight excluding hydrogens is 412 g/mol. The van der Waals surface area contributed by atoms with Gasteiger partial charge in [-0.05, 0) is 63.3 Å². The highest BCUT2D eigenvalue weighted by molar-refractivity contribution is 7.92. The van der Waals surface area contributed by atoms with Crippen LogP contribution in [0, 0.1) is 0 Å². The smallest absolute Gasteiger partial charge is 0.352 e. The van der Waals surface area contributed by atoms with Crippen LogP contribution in [0.5, 0.6) is 0 Å². The van der Waals surface area contributed by atoms with Gasteiger partial charge in [0, 0.05) is 6.04 Å². The normalized spacial score (nSPS) is 28.7. The zero-order valence-electron chi connectivity index (χ0n) is 15.8. The minimum absolute atomic E-state index is 0.104. The molecule has 2 N–H and O–H groups in total. The molecule has 1 aromatic carbocycles. The van der Waals surface area contributed by atoms with E-state index in [4.69, 9.17) is 0 Å². The second-order valence-corrected chi connectivity index (χ2v) is 9.91. The van der Waals surface area contributed by atoms with Crippen molar-refractivity contribution in [2.24, 2.45) is 0 Å². The highest BCUT2D eigenvalue weighted by Crippen LogP contribution is 2.41. The molecule has 1 atom stereocenters. The van der Waals surface area contributed by atoms with E-state index in [1.807, 2.05) is 0 Å². The van der Waals surface area contributed by atoms with Crippen LogP contribution in [0.15, 0.2) is 29.2 Å². The summed E-state index contributed by atoms with van der Waals surface area (Å²) < 4.78 is 79.4. The Labute approximate surface area is 167 Å².